The minimum atomic E-state index is -0.388. The summed E-state index contributed by atoms with van der Waals surface area (Å²) in [5.74, 6) is -0.388. The van der Waals surface area contributed by atoms with Crippen molar-refractivity contribution in [3.63, 3.8) is 0 Å². The molecule has 0 spiro atoms. The molecule has 26 heavy (non-hydrogen) atoms. The SMILES string of the molecule is CCn1c2ccccc2c2cc(C=C(C#N)C(=O)NCCOC)ccc21. The molecular weight excluding hydrogens is 326 g/mol. The van der Waals surface area contributed by atoms with E-state index in [1.807, 2.05) is 36.4 Å². The highest BCUT2D eigenvalue weighted by atomic mass is 16.5. The largest absolute Gasteiger partial charge is 0.383 e. The highest BCUT2D eigenvalue weighted by Crippen LogP contribution is 2.30. The van der Waals surface area contributed by atoms with Gasteiger partial charge < -0.3 is 14.6 Å². The molecule has 3 aromatic rings. The van der Waals surface area contributed by atoms with Crippen LogP contribution in [0.5, 0.6) is 0 Å². The Morgan fingerprint density at radius 3 is 2.73 bits per heavy atom. The number of methoxy groups -OCH3 is 1. The summed E-state index contributed by atoms with van der Waals surface area (Å²) in [5, 5.41) is 14.3. The topological polar surface area (TPSA) is 67.0 Å². The maximum Gasteiger partial charge on any atom is 0.262 e. The number of aryl methyl sites for hydroxylation is 1. The second-order valence-electron chi connectivity index (χ2n) is 5.96. The molecule has 0 aliphatic rings. The fourth-order valence-corrected chi connectivity index (χ4v) is 3.18. The second-order valence-corrected chi connectivity index (χ2v) is 5.96. The summed E-state index contributed by atoms with van der Waals surface area (Å²) >= 11 is 0. The Labute approximate surface area is 152 Å². The minimum absolute atomic E-state index is 0.0830. The molecule has 5 nitrogen and oxygen atoms in total. The number of benzene rings is 2. The molecule has 0 saturated heterocycles. The van der Waals surface area contributed by atoms with E-state index >= 15 is 0 Å². The van der Waals surface area contributed by atoms with E-state index in [4.69, 9.17) is 4.74 Å². The number of aromatic nitrogens is 1. The number of nitrogens with one attached hydrogen (secondary N) is 1. The summed E-state index contributed by atoms with van der Waals surface area (Å²) in [7, 11) is 1.56. The van der Waals surface area contributed by atoms with Gasteiger partial charge in [0.05, 0.1) is 6.61 Å². The van der Waals surface area contributed by atoms with Crippen LogP contribution in [0.2, 0.25) is 0 Å². The summed E-state index contributed by atoms with van der Waals surface area (Å²) < 4.78 is 7.17. The molecule has 1 aromatic heterocycles. The van der Waals surface area contributed by atoms with Gasteiger partial charge in [0, 0.05) is 42.0 Å². The third-order valence-electron chi connectivity index (χ3n) is 4.38. The van der Waals surface area contributed by atoms with Crippen LogP contribution in [0.15, 0.2) is 48.0 Å². The molecule has 1 heterocycles. The van der Waals surface area contributed by atoms with Crippen LogP contribution in [0.1, 0.15) is 12.5 Å². The summed E-state index contributed by atoms with van der Waals surface area (Å²) in [6, 6.07) is 16.3. The normalized spacial score (nSPS) is 11.7. The van der Waals surface area contributed by atoms with Crippen molar-refractivity contribution in [3.8, 4) is 6.07 Å². The Morgan fingerprint density at radius 1 is 1.23 bits per heavy atom. The van der Waals surface area contributed by atoms with Gasteiger partial charge in [0.25, 0.3) is 5.91 Å². The molecule has 0 atom stereocenters. The van der Waals surface area contributed by atoms with Gasteiger partial charge in [-0.05, 0) is 36.8 Å². The molecule has 0 aliphatic carbocycles. The molecule has 3 rings (SSSR count). The van der Waals surface area contributed by atoms with E-state index < -0.39 is 0 Å². The number of para-hydroxylation sites is 1. The Bertz CT molecular complexity index is 1020. The van der Waals surface area contributed by atoms with Crippen molar-refractivity contribution >= 4 is 33.8 Å². The van der Waals surface area contributed by atoms with Gasteiger partial charge in [-0.1, -0.05) is 24.3 Å². The lowest BCUT2D eigenvalue weighted by Crippen LogP contribution is -2.27. The maximum absolute atomic E-state index is 12.1. The number of rotatable bonds is 6. The number of amides is 1. The highest BCUT2D eigenvalue weighted by molar-refractivity contribution is 6.09. The lowest BCUT2D eigenvalue weighted by molar-refractivity contribution is -0.117. The fourth-order valence-electron chi connectivity index (χ4n) is 3.18. The first-order valence-corrected chi connectivity index (χ1v) is 8.59. The zero-order valence-corrected chi connectivity index (χ0v) is 15.0. The molecule has 0 saturated carbocycles. The van der Waals surface area contributed by atoms with Crippen LogP contribution in [-0.2, 0) is 16.1 Å². The number of fused-ring (bicyclic) bond motifs is 3. The summed E-state index contributed by atoms with van der Waals surface area (Å²) in [4.78, 5) is 12.1. The molecule has 1 N–H and O–H groups in total. The van der Waals surface area contributed by atoms with Crippen molar-refractivity contribution in [3.05, 3.63) is 53.6 Å². The molecule has 132 valence electrons. The molecule has 2 aromatic carbocycles. The van der Waals surface area contributed by atoms with E-state index in [2.05, 4.69) is 28.9 Å². The van der Waals surface area contributed by atoms with Crippen molar-refractivity contribution in [1.82, 2.24) is 9.88 Å². The van der Waals surface area contributed by atoms with Gasteiger partial charge in [0.1, 0.15) is 11.6 Å². The van der Waals surface area contributed by atoms with Crippen LogP contribution < -0.4 is 5.32 Å². The fraction of sp³-hybridized carbons (Fsp3) is 0.238. The third-order valence-corrected chi connectivity index (χ3v) is 4.38. The van der Waals surface area contributed by atoms with Gasteiger partial charge in [-0.3, -0.25) is 4.79 Å². The lowest BCUT2D eigenvalue weighted by atomic mass is 10.1. The quantitative estimate of drug-likeness (QED) is 0.422. The maximum atomic E-state index is 12.1. The molecular formula is C21H21N3O2. The Morgan fingerprint density at radius 2 is 2.00 bits per heavy atom. The van der Waals surface area contributed by atoms with Crippen molar-refractivity contribution in [2.45, 2.75) is 13.5 Å². The van der Waals surface area contributed by atoms with E-state index in [1.165, 1.54) is 10.9 Å². The van der Waals surface area contributed by atoms with Gasteiger partial charge in [-0.25, -0.2) is 0 Å². The van der Waals surface area contributed by atoms with E-state index in [9.17, 15) is 10.1 Å². The molecule has 0 fully saturated rings. The number of ether oxygens (including phenoxy) is 1. The zero-order valence-electron chi connectivity index (χ0n) is 15.0. The van der Waals surface area contributed by atoms with Gasteiger partial charge in [-0.15, -0.1) is 0 Å². The number of nitriles is 1. The van der Waals surface area contributed by atoms with Gasteiger partial charge in [0.2, 0.25) is 0 Å². The van der Waals surface area contributed by atoms with E-state index in [0.717, 1.165) is 23.0 Å². The minimum Gasteiger partial charge on any atom is -0.383 e. The average molecular weight is 347 g/mol. The second kappa shape index (κ2) is 7.85. The number of hydrogen-bond donors (Lipinski definition) is 1. The standard InChI is InChI=1S/C21H21N3O2/c1-3-24-19-7-5-4-6-17(19)18-13-15(8-9-20(18)24)12-16(14-22)21(25)23-10-11-26-2/h4-9,12-13H,3,10-11H2,1-2H3,(H,23,25). The van der Waals surface area contributed by atoms with Crippen molar-refractivity contribution in [1.29, 1.82) is 5.26 Å². The smallest absolute Gasteiger partial charge is 0.262 e. The van der Waals surface area contributed by atoms with Crippen LogP contribution in [0.3, 0.4) is 0 Å². The first kappa shape index (κ1) is 17.7. The van der Waals surface area contributed by atoms with E-state index in [0.29, 0.717) is 13.2 Å². The number of carbonyl (C=O) groups is 1. The first-order valence-electron chi connectivity index (χ1n) is 8.59. The van der Waals surface area contributed by atoms with Gasteiger partial charge in [-0.2, -0.15) is 5.26 Å². The summed E-state index contributed by atoms with van der Waals surface area (Å²) in [5.41, 5.74) is 3.24. The van der Waals surface area contributed by atoms with Crippen LogP contribution in [0.25, 0.3) is 27.9 Å². The van der Waals surface area contributed by atoms with Gasteiger partial charge >= 0.3 is 0 Å². The molecule has 0 radical (unpaired) electrons. The summed E-state index contributed by atoms with van der Waals surface area (Å²) in [6.45, 7) is 3.78. The lowest BCUT2D eigenvalue weighted by Gasteiger charge is -2.04. The molecule has 0 bridgehead atoms. The first-order chi connectivity index (χ1) is 12.7. The van der Waals surface area contributed by atoms with Crippen molar-refractivity contribution in [2.75, 3.05) is 20.3 Å². The predicted molar refractivity (Wildman–Crippen MR) is 104 cm³/mol. The molecule has 5 heteroatoms. The molecule has 0 unspecified atom stereocenters. The van der Waals surface area contributed by atoms with E-state index in [1.54, 1.807) is 13.2 Å². The van der Waals surface area contributed by atoms with Crippen LogP contribution >= 0.6 is 0 Å². The highest BCUT2D eigenvalue weighted by Gasteiger charge is 2.11. The van der Waals surface area contributed by atoms with Crippen LogP contribution in [0, 0.1) is 11.3 Å². The molecule has 0 aliphatic heterocycles. The summed E-state index contributed by atoms with van der Waals surface area (Å²) in [6.07, 6.45) is 1.62. The predicted octanol–water partition coefficient (Wildman–Crippen LogP) is 3.48. The van der Waals surface area contributed by atoms with Gasteiger partial charge in [0.15, 0.2) is 0 Å². The number of hydrogen-bond acceptors (Lipinski definition) is 3. The average Bonchev–Trinajstić information content (AvgIpc) is 2.99. The van der Waals surface area contributed by atoms with Crippen molar-refractivity contribution < 1.29 is 9.53 Å². The number of nitrogens with zero attached hydrogens (tertiary/aromatic N) is 2. The number of carbonyl (C=O) groups excluding carboxylic acids is 1. The van der Waals surface area contributed by atoms with Crippen molar-refractivity contribution in [2.24, 2.45) is 0 Å². The van der Waals surface area contributed by atoms with E-state index in [-0.39, 0.29) is 11.5 Å². The Hall–Kier alpha value is -3.10. The molecule has 1 amide bonds. The monoisotopic (exact) mass is 347 g/mol. The zero-order chi connectivity index (χ0) is 18.5. The van der Waals surface area contributed by atoms with Crippen LogP contribution in [-0.4, -0.2) is 30.7 Å². The Kier molecular flexibility index (Phi) is 5.35. The third kappa shape index (κ3) is 3.32. The van der Waals surface area contributed by atoms with Crippen LogP contribution in [0.4, 0.5) is 0 Å². The Balaban J connectivity index is 2.02.